The minimum Gasteiger partial charge on any atom is -0.381 e. The molecule has 1 aromatic rings. The van der Waals surface area contributed by atoms with Gasteiger partial charge in [0.25, 0.3) is 0 Å². The zero-order chi connectivity index (χ0) is 13.9. The lowest BCUT2D eigenvalue weighted by molar-refractivity contribution is -0.137. The Bertz CT molecular complexity index is 423. The van der Waals surface area contributed by atoms with Gasteiger partial charge in [0.1, 0.15) is 0 Å². The van der Waals surface area contributed by atoms with Crippen LogP contribution in [0.5, 0.6) is 0 Å². The molecule has 0 amide bonds. The summed E-state index contributed by atoms with van der Waals surface area (Å²) in [6.07, 6.45) is -1.52. The van der Waals surface area contributed by atoms with Crippen molar-refractivity contribution >= 4 is 0 Å². The van der Waals surface area contributed by atoms with Gasteiger partial charge >= 0.3 is 6.18 Å². The van der Waals surface area contributed by atoms with E-state index in [1.165, 1.54) is 12.1 Å². The van der Waals surface area contributed by atoms with Gasteiger partial charge in [-0.2, -0.15) is 13.2 Å². The summed E-state index contributed by atoms with van der Waals surface area (Å²) < 4.78 is 43.3. The van der Waals surface area contributed by atoms with Crippen molar-refractivity contribution < 1.29 is 17.9 Å². The van der Waals surface area contributed by atoms with Crippen molar-refractivity contribution in [1.29, 1.82) is 0 Å². The monoisotopic (exact) mass is 273 g/mol. The van der Waals surface area contributed by atoms with Gasteiger partial charge in [-0.15, -0.1) is 0 Å². The molecule has 2 nitrogen and oxygen atoms in total. The van der Waals surface area contributed by atoms with Gasteiger partial charge in [-0.1, -0.05) is 18.2 Å². The first-order valence-electron chi connectivity index (χ1n) is 6.42. The fourth-order valence-corrected chi connectivity index (χ4v) is 2.47. The highest BCUT2D eigenvalue weighted by atomic mass is 19.4. The molecule has 0 bridgehead atoms. The van der Waals surface area contributed by atoms with Gasteiger partial charge in [0, 0.05) is 18.8 Å². The SMILES string of the molecule is NC1(Cc2cccc(C(F)(F)F)c2)CCCOCC1. The number of rotatable bonds is 2. The second-order valence-corrected chi connectivity index (χ2v) is 5.20. The lowest BCUT2D eigenvalue weighted by Crippen LogP contribution is -2.42. The molecule has 5 heteroatoms. The molecule has 1 aliphatic heterocycles. The number of benzene rings is 1. The first kappa shape index (κ1) is 14.3. The van der Waals surface area contributed by atoms with Crippen molar-refractivity contribution in [1.82, 2.24) is 0 Å². The summed E-state index contributed by atoms with van der Waals surface area (Å²) in [5.41, 5.74) is 5.86. The number of halogens is 3. The molecule has 2 rings (SSSR count). The molecule has 0 spiro atoms. The third kappa shape index (κ3) is 3.94. The van der Waals surface area contributed by atoms with Crippen molar-refractivity contribution in [3.05, 3.63) is 35.4 Å². The zero-order valence-corrected chi connectivity index (χ0v) is 10.7. The fraction of sp³-hybridized carbons (Fsp3) is 0.571. The number of hydrogen-bond acceptors (Lipinski definition) is 2. The molecule has 1 unspecified atom stereocenters. The Kier molecular flexibility index (Phi) is 4.16. The van der Waals surface area contributed by atoms with Crippen molar-refractivity contribution in [3.63, 3.8) is 0 Å². The van der Waals surface area contributed by atoms with Crippen LogP contribution in [0, 0.1) is 0 Å². The maximum Gasteiger partial charge on any atom is 0.416 e. The third-order valence-electron chi connectivity index (χ3n) is 3.52. The van der Waals surface area contributed by atoms with Crippen LogP contribution < -0.4 is 5.73 Å². The van der Waals surface area contributed by atoms with Crippen LogP contribution in [0.1, 0.15) is 30.4 Å². The highest BCUT2D eigenvalue weighted by molar-refractivity contribution is 5.27. The van der Waals surface area contributed by atoms with Gasteiger partial charge in [0.15, 0.2) is 0 Å². The molecule has 1 aliphatic rings. The van der Waals surface area contributed by atoms with E-state index in [1.54, 1.807) is 6.07 Å². The van der Waals surface area contributed by atoms with Crippen LogP contribution >= 0.6 is 0 Å². The second-order valence-electron chi connectivity index (χ2n) is 5.20. The Morgan fingerprint density at radius 3 is 2.74 bits per heavy atom. The average molecular weight is 273 g/mol. The zero-order valence-electron chi connectivity index (χ0n) is 10.7. The smallest absolute Gasteiger partial charge is 0.381 e. The Hall–Kier alpha value is -1.07. The van der Waals surface area contributed by atoms with Crippen LogP contribution in [0.4, 0.5) is 13.2 Å². The molecule has 0 aliphatic carbocycles. The molecule has 0 aromatic heterocycles. The maximum absolute atomic E-state index is 12.7. The van der Waals surface area contributed by atoms with Gasteiger partial charge in [0.05, 0.1) is 5.56 Å². The highest BCUT2D eigenvalue weighted by Gasteiger charge is 2.32. The first-order valence-corrected chi connectivity index (χ1v) is 6.42. The third-order valence-corrected chi connectivity index (χ3v) is 3.52. The van der Waals surface area contributed by atoms with E-state index in [-0.39, 0.29) is 0 Å². The standard InChI is InChI=1S/C14H18F3NO/c15-14(16,17)12-4-1-3-11(9-12)10-13(18)5-2-7-19-8-6-13/h1,3-4,9H,2,5-8,10,18H2. The van der Waals surface area contributed by atoms with E-state index in [0.717, 1.165) is 18.9 Å². The molecule has 0 saturated carbocycles. The molecule has 1 aromatic carbocycles. The molecule has 106 valence electrons. The Labute approximate surface area is 110 Å². The van der Waals surface area contributed by atoms with Crippen molar-refractivity contribution in [2.75, 3.05) is 13.2 Å². The average Bonchev–Trinajstić information content (AvgIpc) is 2.53. The normalized spacial score (nSPS) is 25.1. The minimum atomic E-state index is -4.30. The van der Waals surface area contributed by atoms with Gasteiger partial charge in [-0.3, -0.25) is 0 Å². The number of hydrogen-bond donors (Lipinski definition) is 1. The first-order chi connectivity index (χ1) is 8.89. The summed E-state index contributed by atoms with van der Waals surface area (Å²) in [7, 11) is 0. The van der Waals surface area contributed by atoms with Crippen LogP contribution in [-0.4, -0.2) is 18.8 Å². The van der Waals surface area contributed by atoms with Crippen LogP contribution in [0.3, 0.4) is 0 Å². The van der Waals surface area contributed by atoms with Gasteiger partial charge in [-0.25, -0.2) is 0 Å². The number of nitrogens with two attached hydrogens (primary N) is 1. The molecule has 2 N–H and O–H groups in total. The largest absolute Gasteiger partial charge is 0.416 e. The van der Waals surface area contributed by atoms with Crippen molar-refractivity contribution in [2.45, 2.75) is 37.4 Å². The molecular formula is C14H18F3NO. The van der Waals surface area contributed by atoms with Crippen LogP contribution in [0.15, 0.2) is 24.3 Å². The van der Waals surface area contributed by atoms with E-state index in [2.05, 4.69) is 0 Å². The minimum absolute atomic E-state index is 0.458. The molecule has 19 heavy (non-hydrogen) atoms. The van der Waals surface area contributed by atoms with E-state index in [0.29, 0.717) is 31.6 Å². The Morgan fingerprint density at radius 2 is 2.00 bits per heavy atom. The molecule has 1 atom stereocenters. The number of alkyl halides is 3. The summed E-state index contributed by atoms with van der Waals surface area (Å²) >= 11 is 0. The van der Waals surface area contributed by atoms with E-state index >= 15 is 0 Å². The fourth-order valence-electron chi connectivity index (χ4n) is 2.47. The summed E-state index contributed by atoms with van der Waals surface area (Å²) in [6, 6.07) is 5.42. The Morgan fingerprint density at radius 1 is 1.21 bits per heavy atom. The predicted octanol–water partition coefficient (Wildman–Crippen LogP) is 3.15. The molecule has 1 heterocycles. The van der Waals surface area contributed by atoms with Crippen LogP contribution in [-0.2, 0) is 17.3 Å². The van der Waals surface area contributed by atoms with E-state index in [1.807, 2.05) is 0 Å². The summed E-state index contributed by atoms with van der Waals surface area (Å²) in [5.74, 6) is 0. The van der Waals surface area contributed by atoms with Crippen LogP contribution in [0.2, 0.25) is 0 Å². The van der Waals surface area contributed by atoms with Crippen molar-refractivity contribution in [2.24, 2.45) is 5.73 Å². The summed E-state index contributed by atoms with van der Waals surface area (Å²) in [6.45, 7) is 1.26. The molecule has 1 fully saturated rings. The topological polar surface area (TPSA) is 35.2 Å². The van der Waals surface area contributed by atoms with Gasteiger partial charge < -0.3 is 10.5 Å². The quantitative estimate of drug-likeness (QED) is 0.898. The maximum atomic E-state index is 12.7. The molecular weight excluding hydrogens is 255 g/mol. The highest BCUT2D eigenvalue weighted by Crippen LogP contribution is 2.31. The van der Waals surface area contributed by atoms with Crippen molar-refractivity contribution in [3.8, 4) is 0 Å². The van der Waals surface area contributed by atoms with E-state index < -0.39 is 17.3 Å². The predicted molar refractivity (Wildman–Crippen MR) is 66.7 cm³/mol. The van der Waals surface area contributed by atoms with Crippen LogP contribution in [0.25, 0.3) is 0 Å². The molecule has 1 saturated heterocycles. The van der Waals surface area contributed by atoms with E-state index in [9.17, 15) is 13.2 Å². The lowest BCUT2D eigenvalue weighted by Gasteiger charge is -2.27. The molecule has 0 radical (unpaired) electrons. The van der Waals surface area contributed by atoms with Gasteiger partial charge in [-0.05, 0) is 37.3 Å². The second kappa shape index (κ2) is 5.51. The van der Waals surface area contributed by atoms with Gasteiger partial charge in [0.2, 0.25) is 0 Å². The lowest BCUT2D eigenvalue weighted by atomic mass is 9.85. The summed E-state index contributed by atoms with van der Waals surface area (Å²) in [5, 5.41) is 0. The summed E-state index contributed by atoms with van der Waals surface area (Å²) in [4.78, 5) is 0. The Balaban J connectivity index is 2.14. The van der Waals surface area contributed by atoms with E-state index in [4.69, 9.17) is 10.5 Å². The number of ether oxygens (including phenoxy) is 1.